The number of piperazine rings is 1. The highest BCUT2D eigenvalue weighted by molar-refractivity contribution is 6.20. The molecule has 1 amide bonds. The maximum Gasteiger partial charge on any atom is 0.227 e. The predicted molar refractivity (Wildman–Crippen MR) is 174 cm³/mol. The Hall–Kier alpha value is -0.560. The lowest BCUT2D eigenvalue weighted by Gasteiger charge is -2.48. The van der Waals surface area contributed by atoms with Gasteiger partial charge in [0.05, 0.1) is 24.3 Å². The minimum atomic E-state index is -0.715. The van der Waals surface area contributed by atoms with Crippen LogP contribution in [0.25, 0.3) is 0 Å². The molecule has 11 heteroatoms. The van der Waals surface area contributed by atoms with Crippen molar-refractivity contribution in [1.82, 2.24) is 36.0 Å². The van der Waals surface area contributed by atoms with Gasteiger partial charge in [0.1, 0.15) is 0 Å². The molecule has 1 spiro atoms. The Morgan fingerprint density at radius 2 is 1.60 bits per heavy atom. The lowest BCUT2D eigenvalue weighted by Crippen LogP contribution is -2.65. The van der Waals surface area contributed by atoms with E-state index in [9.17, 15) is 4.79 Å². The first kappa shape index (κ1) is 32.4. The molecule has 0 aromatic rings. The maximum absolute atomic E-state index is 14.2. The number of nitrogens with one attached hydrogen (secondary N) is 4. The van der Waals surface area contributed by atoms with Crippen LogP contribution < -0.4 is 32.7 Å². The third-order valence-corrected chi connectivity index (χ3v) is 12.5. The van der Waals surface area contributed by atoms with Gasteiger partial charge >= 0.3 is 0 Å². The molecular weight excluding hydrogens is 562 g/mol. The molecule has 246 valence electrons. The van der Waals surface area contributed by atoms with Gasteiger partial charge in [0.2, 0.25) is 5.91 Å². The zero-order valence-corrected chi connectivity index (χ0v) is 27.2. The number of hydrogen-bond acceptors (Lipinski definition) is 9. The minimum Gasteiger partial charge on any atom is -0.350 e. The van der Waals surface area contributed by atoms with Crippen molar-refractivity contribution >= 4 is 17.5 Å². The third kappa shape index (κ3) is 7.88. The molecule has 6 fully saturated rings. The van der Waals surface area contributed by atoms with Crippen LogP contribution in [0.15, 0.2) is 0 Å². The number of carbonyl (C=O) groups excluding carboxylic acids is 1. The molecule has 6 unspecified atom stereocenters. The van der Waals surface area contributed by atoms with Crippen LogP contribution in [0.4, 0.5) is 0 Å². The molecule has 5 saturated heterocycles. The molecule has 10 nitrogen and oxygen atoms in total. The number of halogens is 1. The highest BCUT2D eigenvalue weighted by Gasteiger charge is 2.43. The molecule has 43 heavy (non-hydrogen) atoms. The van der Waals surface area contributed by atoms with Crippen LogP contribution in [-0.4, -0.2) is 128 Å². The Labute approximate surface area is 265 Å². The van der Waals surface area contributed by atoms with Crippen LogP contribution in [0.3, 0.4) is 0 Å². The Kier molecular flexibility index (Phi) is 11.2. The summed E-state index contributed by atoms with van der Waals surface area (Å²) in [6, 6.07) is 1.02. The van der Waals surface area contributed by atoms with Gasteiger partial charge in [0, 0.05) is 82.4 Å². The van der Waals surface area contributed by atoms with Gasteiger partial charge in [-0.05, 0) is 63.3 Å². The van der Waals surface area contributed by atoms with Crippen molar-refractivity contribution < 1.29 is 4.79 Å². The Morgan fingerprint density at radius 3 is 2.40 bits per heavy atom. The summed E-state index contributed by atoms with van der Waals surface area (Å²) in [7, 11) is 0. The van der Waals surface area contributed by atoms with E-state index in [0.717, 1.165) is 65.0 Å². The average Bonchev–Trinajstić information content (AvgIpc) is 3.50. The Morgan fingerprint density at radius 1 is 0.837 bits per heavy atom. The fourth-order valence-corrected chi connectivity index (χ4v) is 9.90. The lowest BCUT2D eigenvalue weighted by atomic mass is 9.66. The highest BCUT2D eigenvalue weighted by atomic mass is 35.5. The summed E-state index contributed by atoms with van der Waals surface area (Å²) in [5.74, 6) is -0.462. The summed E-state index contributed by atoms with van der Waals surface area (Å²) >= 11 is 6.72. The van der Waals surface area contributed by atoms with Gasteiger partial charge in [-0.2, -0.15) is 0 Å². The fourth-order valence-electron chi connectivity index (χ4n) is 9.66. The molecule has 6 atom stereocenters. The molecule has 0 aromatic carbocycles. The zero-order valence-electron chi connectivity index (χ0n) is 26.5. The second kappa shape index (κ2) is 14.9. The summed E-state index contributed by atoms with van der Waals surface area (Å²) in [5, 5.41) is 14.5. The topological polar surface area (TPSA) is 127 Å². The van der Waals surface area contributed by atoms with Gasteiger partial charge in [-0.15, -0.1) is 11.6 Å². The SMILES string of the molecule is NC(N)C(C(=O)NC1CNCCC1N1CCC(N2CCN3CCNC3C2)CC1)C1CC2(CCCCC2)CCCC(Cl)CN1. The van der Waals surface area contributed by atoms with Crippen LogP contribution in [-0.2, 0) is 4.79 Å². The highest BCUT2D eigenvalue weighted by Crippen LogP contribution is 2.46. The molecule has 0 aromatic heterocycles. The summed E-state index contributed by atoms with van der Waals surface area (Å²) in [6.07, 6.45) is 14.0. The van der Waals surface area contributed by atoms with Crippen molar-refractivity contribution in [3.63, 3.8) is 0 Å². The number of rotatable bonds is 6. The predicted octanol–water partition coefficient (Wildman–Crippen LogP) is 0.794. The molecule has 0 bridgehead atoms. The number of fused-ring (bicyclic) bond motifs is 1. The third-order valence-electron chi connectivity index (χ3n) is 12.1. The smallest absolute Gasteiger partial charge is 0.227 e. The van der Waals surface area contributed by atoms with E-state index in [0.29, 0.717) is 24.8 Å². The van der Waals surface area contributed by atoms with Crippen LogP contribution in [0.2, 0.25) is 0 Å². The molecule has 5 aliphatic heterocycles. The van der Waals surface area contributed by atoms with E-state index >= 15 is 0 Å². The van der Waals surface area contributed by atoms with Gasteiger partial charge in [-0.3, -0.25) is 24.8 Å². The average molecular weight is 622 g/mol. The van der Waals surface area contributed by atoms with E-state index in [-0.39, 0.29) is 28.8 Å². The summed E-state index contributed by atoms with van der Waals surface area (Å²) < 4.78 is 0. The van der Waals surface area contributed by atoms with E-state index in [2.05, 4.69) is 36.0 Å². The molecule has 0 radical (unpaired) electrons. The first-order valence-electron chi connectivity index (χ1n) is 17.8. The lowest BCUT2D eigenvalue weighted by molar-refractivity contribution is -0.128. The molecular formula is C32H60ClN9O. The van der Waals surface area contributed by atoms with Crippen molar-refractivity contribution in [1.29, 1.82) is 0 Å². The monoisotopic (exact) mass is 621 g/mol. The second-order valence-corrected chi connectivity index (χ2v) is 15.4. The van der Waals surface area contributed by atoms with Gasteiger partial charge in [-0.1, -0.05) is 25.7 Å². The minimum absolute atomic E-state index is 0.0133. The molecule has 5 heterocycles. The Balaban J connectivity index is 1.08. The van der Waals surface area contributed by atoms with Crippen molar-refractivity contribution in [3.05, 3.63) is 0 Å². The molecule has 6 aliphatic rings. The maximum atomic E-state index is 14.2. The summed E-state index contributed by atoms with van der Waals surface area (Å²) in [4.78, 5) is 22.2. The number of likely N-dealkylation sites (tertiary alicyclic amines) is 1. The van der Waals surface area contributed by atoms with Crippen molar-refractivity contribution in [3.8, 4) is 0 Å². The molecule has 1 saturated carbocycles. The van der Waals surface area contributed by atoms with E-state index in [1.54, 1.807) is 0 Å². The number of piperidine rings is 2. The zero-order chi connectivity index (χ0) is 29.8. The van der Waals surface area contributed by atoms with Gasteiger partial charge < -0.3 is 27.4 Å². The number of amides is 1. The number of alkyl halides is 1. The van der Waals surface area contributed by atoms with Crippen LogP contribution in [0.1, 0.15) is 77.0 Å². The first-order valence-corrected chi connectivity index (χ1v) is 18.2. The number of hydrogen-bond donors (Lipinski definition) is 6. The van der Waals surface area contributed by atoms with Crippen molar-refractivity contribution in [2.24, 2.45) is 22.8 Å². The second-order valence-electron chi connectivity index (χ2n) is 14.8. The van der Waals surface area contributed by atoms with Crippen molar-refractivity contribution in [2.45, 2.75) is 119 Å². The van der Waals surface area contributed by atoms with E-state index in [1.165, 1.54) is 71.0 Å². The summed E-state index contributed by atoms with van der Waals surface area (Å²) in [5.41, 5.74) is 13.2. The van der Waals surface area contributed by atoms with E-state index in [4.69, 9.17) is 23.1 Å². The quantitative estimate of drug-likeness (QED) is 0.189. The van der Waals surface area contributed by atoms with Gasteiger partial charge in [0.25, 0.3) is 0 Å². The largest absolute Gasteiger partial charge is 0.350 e. The standard InChI is InChI=1S/C32H60ClN9O/c33-23-5-4-11-32(9-2-1-3-10-32)19-25(38-20-23)29(30(34)35)31(43)39-26-21-36-12-6-27(26)40-14-7-24(8-15-40)42-18-17-41-16-13-37-28(41)22-42/h23-30,36-38H,1-22,34-35H2,(H,39,43). The molecule has 8 N–H and O–H groups in total. The fraction of sp³-hybridized carbons (Fsp3) is 0.969. The van der Waals surface area contributed by atoms with E-state index < -0.39 is 12.1 Å². The van der Waals surface area contributed by atoms with Gasteiger partial charge in [-0.25, -0.2) is 0 Å². The number of nitrogens with two attached hydrogens (primary N) is 2. The van der Waals surface area contributed by atoms with Crippen LogP contribution in [0, 0.1) is 11.3 Å². The van der Waals surface area contributed by atoms with Crippen LogP contribution >= 0.6 is 11.6 Å². The van der Waals surface area contributed by atoms with Crippen LogP contribution in [0.5, 0.6) is 0 Å². The molecule has 1 aliphatic carbocycles. The summed E-state index contributed by atoms with van der Waals surface area (Å²) in [6.45, 7) is 10.5. The Bertz CT molecular complexity index is 896. The van der Waals surface area contributed by atoms with Gasteiger partial charge in [0.15, 0.2) is 0 Å². The number of nitrogens with zero attached hydrogens (tertiary/aromatic N) is 3. The van der Waals surface area contributed by atoms with E-state index in [1.807, 2.05) is 0 Å². The first-order chi connectivity index (χ1) is 20.9. The normalized spacial score (nSPS) is 36.5. The van der Waals surface area contributed by atoms with Crippen molar-refractivity contribution in [2.75, 3.05) is 65.4 Å². The number of carbonyl (C=O) groups is 1. The molecule has 6 rings (SSSR count).